The number of amides is 2. The second-order valence-electron chi connectivity index (χ2n) is 8.86. The number of rotatable bonds is 4. The Bertz CT molecular complexity index is 1200. The van der Waals surface area contributed by atoms with E-state index in [2.05, 4.69) is 10.2 Å². The number of halogens is 1. The number of carbonyl (C=O) groups excluding carboxylic acids is 1. The number of benzene rings is 3. The van der Waals surface area contributed by atoms with E-state index in [9.17, 15) is 14.3 Å². The van der Waals surface area contributed by atoms with Crippen molar-refractivity contribution in [1.82, 2.24) is 4.90 Å². The van der Waals surface area contributed by atoms with Gasteiger partial charge in [-0.15, -0.1) is 0 Å². The van der Waals surface area contributed by atoms with Gasteiger partial charge in [0.25, 0.3) is 0 Å². The molecule has 0 aliphatic carbocycles. The Morgan fingerprint density at radius 1 is 1.15 bits per heavy atom. The van der Waals surface area contributed by atoms with Crippen molar-refractivity contribution in [1.29, 1.82) is 0 Å². The summed E-state index contributed by atoms with van der Waals surface area (Å²) in [5.74, 6) is 0.506. The molecule has 6 nitrogen and oxygen atoms in total. The Morgan fingerprint density at radius 2 is 1.91 bits per heavy atom. The van der Waals surface area contributed by atoms with Crippen molar-refractivity contribution >= 4 is 17.4 Å². The molecule has 3 aromatic rings. The van der Waals surface area contributed by atoms with Crippen LogP contribution >= 0.6 is 0 Å². The van der Waals surface area contributed by atoms with Gasteiger partial charge in [0.2, 0.25) is 0 Å². The lowest BCUT2D eigenvalue weighted by atomic mass is 9.81. The molecule has 3 atom stereocenters. The number of aliphatic hydroxyl groups is 1. The first-order valence-electron chi connectivity index (χ1n) is 11.5. The number of likely N-dealkylation sites (N-methyl/N-ethyl adjacent to an activating group) is 1. The molecule has 1 saturated heterocycles. The largest absolute Gasteiger partial charge is 0.497 e. The zero-order valence-corrected chi connectivity index (χ0v) is 19.2. The third kappa shape index (κ3) is 3.76. The number of nitrogens with zero attached hydrogens (tertiary/aromatic N) is 2. The van der Waals surface area contributed by atoms with Crippen molar-refractivity contribution in [3.05, 3.63) is 78.1 Å². The van der Waals surface area contributed by atoms with Crippen LogP contribution in [-0.2, 0) is 0 Å². The highest BCUT2D eigenvalue weighted by molar-refractivity contribution is 5.90. The number of fused-ring (bicyclic) bond motifs is 3. The maximum absolute atomic E-state index is 14.5. The fraction of sp³-hybridized carbons (Fsp3) is 0.296. The van der Waals surface area contributed by atoms with Gasteiger partial charge in [0.15, 0.2) is 0 Å². The van der Waals surface area contributed by atoms with E-state index in [4.69, 9.17) is 4.74 Å². The van der Waals surface area contributed by atoms with Gasteiger partial charge in [0.1, 0.15) is 11.6 Å². The molecule has 0 unspecified atom stereocenters. The van der Waals surface area contributed by atoms with E-state index in [0.29, 0.717) is 17.8 Å². The SMILES string of the molecule is COc1ccc(NC(=O)N2CC[C@@H]3[C@H]2c2cc(-c4ccccc4F)ccc2N(C)[C@@H]3CO)cc1. The lowest BCUT2D eigenvalue weighted by molar-refractivity contribution is 0.168. The first-order chi connectivity index (χ1) is 16.5. The van der Waals surface area contributed by atoms with Crippen LogP contribution in [0.15, 0.2) is 66.7 Å². The van der Waals surface area contributed by atoms with Gasteiger partial charge >= 0.3 is 6.03 Å². The lowest BCUT2D eigenvalue weighted by Gasteiger charge is -2.44. The minimum Gasteiger partial charge on any atom is -0.497 e. The molecule has 0 radical (unpaired) electrons. The summed E-state index contributed by atoms with van der Waals surface area (Å²) in [6.07, 6.45) is 0.777. The van der Waals surface area contributed by atoms with E-state index in [1.54, 1.807) is 43.5 Å². The Kier molecular flexibility index (Phi) is 5.87. The molecule has 0 aromatic heterocycles. The van der Waals surface area contributed by atoms with E-state index in [1.165, 1.54) is 6.07 Å². The fourth-order valence-corrected chi connectivity index (χ4v) is 5.41. The average molecular weight is 462 g/mol. The predicted octanol–water partition coefficient (Wildman–Crippen LogP) is 4.91. The second kappa shape index (κ2) is 8.99. The summed E-state index contributed by atoms with van der Waals surface area (Å²) in [6, 6.07) is 19.3. The number of methoxy groups -OCH3 is 1. The Morgan fingerprint density at radius 3 is 2.62 bits per heavy atom. The third-order valence-corrected chi connectivity index (χ3v) is 7.14. The van der Waals surface area contributed by atoms with Crippen LogP contribution in [0.5, 0.6) is 5.75 Å². The highest BCUT2D eigenvalue weighted by Gasteiger charge is 2.47. The number of anilines is 2. The minimum absolute atomic E-state index is 0.000110. The second-order valence-corrected chi connectivity index (χ2v) is 8.86. The van der Waals surface area contributed by atoms with Crippen LogP contribution in [0.25, 0.3) is 11.1 Å². The van der Waals surface area contributed by atoms with Crippen molar-refractivity contribution < 1.29 is 19.0 Å². The summed E-state index contributed by atoms with van der Waals surface area (Å²) in [4.78, 5) is 17.3. The summed E-state index contributed by atoms with van der Waals surface area (Å²) < 4.78 is 19.7. The third-order valence-electron chi connectivity index (χ3n) is 7.14. The molecule has 176 valence electrons. The smallest absolute Gasteiger partial charge is 0.322 e. The summed E-state index contributed by atoms with van der Waals surface area (Å²) in [7, 11) is 3.57. The number of nitrogens with one attached hydrogen (secondary N) is 1. The molecule has 1 fully saturated rings. The molecule has 2 heterocycles. The fourth-order valence-electron chi connectivity index (χ4n) is 5.41. The molecule has 0 bridgehead atoms. The maximum atomic E-state index is 14.5. The van der Waals surface area contributed by atoms with E-state index >= 15 is 0 Å². The van der Waals surface area contributed by atoms with Crippen LogP contribution < -0.4 is 15.0 Å². The number of ether oxygens (including phenoxy) is 1. The van der Waals surface area contributed by atoms with Crippen LogP contribution in [0.2, 0.25) is 0 Å². The van der Waals surface area contributed by atoms with Gasteiger partial charge in [-0.05, 0) is 60.0 Å². The standard InChI is InChI=1S/C27H28FN3O3/c1-30-24-12-7-17(20-5-3-4-6-23(20)28)15-22(24)26-21(25(30)16-32)13-14-31(26)27(33)29-18-8-10-19(34-2)11-9-18/h3-12,15,21,25-26,32H,13-14,16H2,1-2H3,(H,29,33)/t21-,25+,26-/m0/s1. The van der Waals surface area contributed by atoms with Gasteiger partial charge in [0.05, 0.1) is 25.8 Å². The molecule has 2 aliphatic rings. The zero-order chi connectivity index (χ0) is 23.8. The first-order valence-corrected chi connectivity index (χ1v) is 11.5. The first kappa shape index (κ1) is 22.2. The van der Waals surface area contributed by atoms with Crippen molar-refractivity contribution in [2.45, 2.75) is 18.5 Å². The topological polar surface area (TPSA) is 65.0 Å². The van der Waals surface area contributed by atoms with Gasteiger partial charge in [0, 0.05) is 36.4 Å². The molecule has 7 heteroatoms. The maximum Gasteiger partial charge on any atom is 0.322 e. The number of hydrogen-bond acceptors (Lipinski definition) is 4. The molecule has 0 spiro atoms. The zero-order valence-electron chi connectivity index (χ0n) is 19.2. The number of likely N-dealkylation sites (tertiary alicyclic amines) is 1. The number of urea groups is 1. The molecule has 0 saturated carbocycles. The Hall–Kier alpha value is -3.58. The van der Waals surface area contributed by atoms with Crippen LogP contribution in [0.4, 0.5) is 20.6 Å². The highest BCUT2D eigenvalue weighted by Crippen LogP contribution is 2.49. The number of hydrogen-bond donors (Lipinski definition) is 2. The lowest BCUT2D eigenvalue weighted by Crippen LogP contribution is -2.48. The molecule has 2 N–H and O–H groups in total. The van der Waals surface area contributed by atoms with Crippen molar-refractivity contribution in [3.63, 3.8) is 0 Å². The van der Waals surface area contributed by atoms with E-state index < -0.39 is 0 Å². The van der Waals surface area contributed by atoms with E-state index in [1.807, 2.05) is 36.2 Å². The minimum atomic E-state index is -0.281. The van der Waals surface area contributed by atoms with Crippen molar-refractivity contribution in [2.75, 3.05) is 37.5 Å². The van der Waals surface area contributed by atoms with Gasteiger partial charge in [-0.1, -0.05) is 24.3 Å². The van der Waals surface area contributed by atoms with Gasteiger partial charge in [-0.25, -0.2) is 9.18 Å². The molecular weight excluding hydrogens is 433 g/mol. The molecule has 34 heavy (non-hydrogen) atoms. The molecule has 2 amide bonds. The van der Waals surface area contributed by atoms with Crippen LogP contribution in [-0.4, -0.2) is 49.4 Å². The summed E-state index contributed by atoms with van der Waals surface area (Å²) in [5, 5.41) is 13.2. The summed E-state index contributed by atoms with van der Waals surface area (Å²) >= 11 is 0. The monoisotopic (exact) mass is 461 g/mol. The molecule has 2 aliphatic heterocycles. The van der Waals surface area contributed by atoms with Crippen LogP contribution in [0.3, 0.4) is 0 Å². The Balaban J connectivity index is 1.52. The predicted molar refractivity (Wildman–Crippen MR) is 131 cm³/mol. The van der Waals surface area contributed by atoms with E-state index in [0.717, 1.165) is 29.0 Å². The van der Waals surface area contributed by atoms with Gasteiger partial charge in [-0.2, -0.15) is 0 Å². The molecule has 3 aromatic carbocycles. The highest BCUT2D eigenvalue weighted by atomic mass is 19.1. The molecular formula is C27H28FN3O3. The summed E-state index contributed by atoms with van der Waals surface area (Å²) in [5.41, 5.74) is 3.90. The average Bonchev–Trinajstić information content (AvgIpc) is 3.30. The normalized spacial score (nSPS) is 21.1. The number of aliphatic hydroxyl groups excluding tert-OH is 1. The summed E-state index contributed by atoms with van der Waals surface area (Å²) in [6.45, 7) is 0.575. The van der Waals surface area contributed by atoms with Crippen LogP contribution in [0, 0.1) is 11.7 Å². The van der Waals surface area contributed by atoms with Gasteiger partial charge < -0.3 is 25.0 Å². The van der Waals surface area contributed by atoms with E-state index in [-0.39, 0.29) is 36.5 Å². The van der Waals surface area contributed by atoms with Crippen molar-refractivity contribution in [2.24, 2.45) is 5.92 Å². The van der Waals surface area contributed by atoms with Gasteiger partial charge in [-0.3, -0.25) is 0 Å². The van der Waals surface area contributed by atoms with Crippen LogP contribution in [0.1, 0.15) is 18.0 Å². The Labute approximate surface area is 198 Å². The number of carbonyl (C=O) groups is 1. The van der Waals surface area contributed by atoms with Crippen molar-refractivity contribution in [3.8, 4) is 16.9 Å². The molecule has 5 rings (SSSR count). The quantitative estimate of drug-likeness (QED) is 0.580.